The largest absolute Gasteiger partial charge is 0.329 e. The molecule has 2 aromatic rings. The molecule has 1 aromatic heterocycles. The van der Waals surface area contributed by atoms with E-state index in [1.165, 1.54) is 10.5 Å². The summed E-state index contributed by atoms with van der Waals surface area (Å²) in [5.74, 6) is 0.677. The molecule has 0 bridgehead atoms. The molecule has 1 heterocycles. The number of aryl methyl sites for hydroxylation is 1. The highest BCUT2D eigenvalue weighted by atomic mass is 79.9. The Hall–Kier alpha value is -0.780. The van der Waals surface area contributed by atoms with E-state index in [1.807, 2.05) is 24.0 Å². The van der Waals surface area contributed by atoms with Gasteiger partial charge in [-0.15, -0.1) is 0 Å². The van der Waals surface area contributed by atoms with Gasteiger partial charge in [-0.3, -0.25) is 0 Å². The zero-order valence-corrected chi connectivity index (χ0v) is 14.5. The molecule has 2 rings (SSSR count). The van der Waals surface area contributed by atoms with Gasteiger partial charge in [0.25, 0.3) is 0 Å². The Balaban J connectivity index is 2.01. The molecule has 3 nitrogen and oxygen atoms in total. The zero-order chi connectivity index (χ0) is 14.5. The van der Waals surface area contributed by atoms with Crippen LogP contribution in [0, 0.1) is 5.92 Å². The molecule has 0 atom stereocenters. The fourth-order valence-corrected chi connectivity index (χ4v) is 3.27. The van der Waals surface area contributed by atoms with Crippen molar-refractivity contribution in [1.29, 1.82) is 0 Å². The number of imidazole rings is 1. The first-order valence-electron chi connectivity index (χ1n) is 6.70. The normalized spacial score (nSPS) is 11.2. The van der Waals surface area contributed by atoms with Crippen molar-refractivity contribution in [3.05, 3.63) is 40.6 Å². The molecule has 0 radical (unpaired) electrons. The van der Waals surface area contributed by atoms with Gasteiger partial charge >= 0.3 is 0 Å². The van der Waals surface area contributed by atoms with Gasteiger partial charge in [-0.25, -0.2) is 4.98 Å². The van der Waals surface area contributed by atoms with Crippen LogP contribution in [0.2, 0.25) is 0 Å². The van der Waals surface area contributed by atoms with E-state index in [-0.39, 0.29) is 0 Å². The third-order valence-corrected chi connectivity index (χ3v) is 4.93. The molecule has 5 heteroatoms. The van der Waals surface area contributed by atoms with Crippen LogP contribution in [0.5, 0.6) is 0 Å². The van der Waals surface area contributed by atoms with Gasteiger partial charge in [-0.2, -0.15) is 0 Å². The fourth-order valence-electron chi connectivity index (χ4n) is 1.79. The highest BCUT2D eigenvalue weighted by molar-refractivity contribution is 9.10. The lowest BCUT2D eigenvalue weighted by Gasteiger charge is -2.09. The first kappa shape index (κ1) is 15.6. The quantitative estimate of drug-likeness (QED) is 0.848. The van der Waals surface area contributed by atoms with Gasteiger partial charge in [0, 0.05) is 35.4 Å². The van der Waals surface area contributed by atoms with Crippen LogP contribution >= 0.6 is 27.7 Å². The standard InChI is InChI=1S/C15H20BrN3S/c1-11(2)9-17-10-12-4-5-14(13(16)8-12)20-15-18-6-7-19(15)3/h4-8,11,17H,9-10H2,1-3H3. The number of benzene rings is 1. The Morgan fingerprint density at radius 3 is 2.80 bits per heavy atom. The highest BCUT2D eigenvalue weighted by Gasteiger charge is 2.07. The Labute approximate surface area is 133 Å². The maximum absolute atomic E-state index is 4.34. The van der Waals surface area contributed by atoms with Crippen LogP contribution in [-0.2, 0) is 13.6 Å². The van der Waals surface area contributed by atoms with Crippen LogP contribution in [0.4, 0.5) is 0 Å². The van der Waals surface area contributed by atoms with Crippen LogP contribution in [0.15, 0.2) is 45.1 Å². The van der Waals surface area contributed by atoms with Crippen molar-refractivity contribution in [2.45, 2.75) is 30.4 Å². The SMILES string of the molecule is CC(C)CNCc1ccc(Sc2nccn2C)c(Br)c1. The van der Waals surface area contributed by atoms with Crippen molar-refractivity contribution in [2.75, 3.05) is 6.54 Å². The molecule has 1 N–H and O–H groups in total. The van der Waals surface area contributed by atoms with Crippen LogP contribution < -0.4 is 5.32 Å². The molecule has 1 aromatic carbocycles. The Bertz CT molecular complexity index is 566. The molecule has 0 aliphatic heterocycles. The lowest BCUT2D eigenvalue weighted by molar-refractivity contribution is 0.552. The van der Waals surface area contributed by atoms with Gasteiger partial charge in [-0.1, -0.05) is 31.7 Å². The number of rotatable bonds is 6. The summed E-state index contributed by atoms with van der Waals surface area (Å²) in [4.78, 5) is 5.52. The molecular weight excluding hydrogens is 334 g/mol. The van der Waals surface area contributed by atoms with E-state index < -0.39 is 0 Å². The molecule has 108 valence electrons. The van der Waals surface area contributed by atoms with Gasteiger partial charge in [0.05, 0.1) is 0 Å². The fraction of sp³-hybridized carbons (Fsp3) is 0.400. The average Bonchev–Trinajstić information content (AvgIpc) is 2.78. The molecule has 0 aliphatic carbocycles. The van der Waals surface area contributed by atoms with Crippen molar-refractivity contribution in [2.24, 2.45) is 13.0 Å². The monoisotopic (exact) mass is 353 g/mol. The van der Waals surface area contributed by atoms with Gasteiger partial charge in [0.2, 0.25) is 0 Å². The summed E-state index contributed by atoms with van der Waals surface area (Å²) in [6.07, 6.45) is 3.78. The number of hydrogen-bond donors (Lipinski definition) is 1. The van der Waals surface area contributed by atoms with Gasteiger partial charge < -0.3 is 9.88 Å². The van der Waals surface area contributed by atoms with Gasteiger partial charge in [0.15, 0.2) is 5.16 Å². The smallest absolute Gasteiger partial charge is 0.172 e. The van der Waals surface area contributed by atoms with E-state index in [1.54, 1.807) is 11.8 Å². The first-order chi connectivity index (χ1) is 9.56. The number of halogens is 1. The van der Waals surface area contributed by atoms with Crippen LogP contribution in [0.1, 0.15) is 19.4 Å². The summed E-state index contributed by atoms with van der Waals surface area (Å²) in [5.41, 5.74) is 1.29. The summed E-state index contributed by atoms with van der Waals surface area (Å²) in [7, 11) is 2.01. The minimum absolute atomic E-state index is 0.677. The Morgan fingerprint density at radius 1 is 1.40 bits per heavy atom. The summed E-state index contributed by atoms with van der Waals surface area (Å²) >= 11 is 5.32. The van der Waals surface area contributed by atoms with Gasteiger partial charge in [0.1, 0.15) is 0 Å². The topological polar surface area (TPSA) is 29.9 Å². The predicted octanol–water partition coefficient (Wildman–Crippen LogP) is 4.08. The Kier molecular flexibility index (Phi) is 5.69. The molecule has 0 aliphatic rings. The minimum Gasteiger partial charge on any atom is -0.329 e. The number of nitrogens with zero attached hydrogens (tertiary/aromatic N) is 2. The third kappa shape index (κ3) is 4.36. The van der Waals surface area contributed by atoms with E-state index in [0.717, 1.165) is 22.7 Å². The second-order valence-electron chi connectivity index (χ2n) is 5.21. The molecule has 0 amide bonds. The lowest BCUT2D eigenvalue weighted by Crippen LogP contribution is -2.18. The lowest BCUT2D eigenvalue weighted by atomic mass is 10.2. The summed E-state index contributed by atoms with van der Waals surface area (Å²) in [6, 6.07) is 6.50. The number of aromatic nitrogens is 2. The molecule has 0 saturated carbocycles. The molecule has 0 unspecified atom stereocenters. The number of hydrogen-bond acceptors (Lipinski definition) is 3. The summed E-state index contributed by atoms with van der Waals surface area (Å²) in [6.45, 7) is 6.39. The first-order valence-corrected chi connectivity index (χ1v) is 8.31. The van der Waals surface area contributed by atoms with E-state index in [9.17, 15) is 0 Å². The van der Waals surface area contributed by atoms with Crippen molar-refractivity contribution in [1.82, 2.24) is 14.9 Å². The van der Waals surface area contributed by atoms with Crippen molar-refractivity contribution >= 4 is 27.7 Å². The maximum atomic E-state index is 4.34. The number of nitrogens with one attached hydrogen (secondary N) is 1. The van der Waals surface area contributed by atoms with Crippen LogP contribution in [0.25, 0.3) is 0 Å². The molecule has 0 fully saturated rings. The predicted molar refractivity (Wildman–Crippen MR) is 88.0 cm³/mol. The second-order valence-corrected chi connectivity index (χ2v) is 7.08. The van der Waals surface area contributed by atoms with Crippen molar-refractivity contribution in [3.8, 4) is 0 Å². The molecule has 0 saturated heterocycles. The zero-order valence-electron chi connectivity index (χ0n) is 12.1. The Morgan fingerprint density at radius 2 is 2.20 bits per heavy atom. The van der Waals surface area contributed by atoms with Crippen molar-refractivity contribution in [3.63, 3.8) is 0 Å². The van der Waals surface area contributed by atoms with E-state index in [4.69, 9.17) is 0 Å². The second kappa shape index (κ2) is 7.29. The molecule has 0 spiro atoms. The molecular formula is C15H20BrN3S. The summed E-state index contributed by atoms with van der Waals surface area (Å²) in [5, 5.41) is 4.46. The average molecular weight is 354 g/mol. The third-order valence-electron chi connectivity index (χ3n) is 2.86. The van der Waals surface area contributed by atoms with E-state index >= 15 is 0 Å². The maximum Gasteiger partial charge on any atom is 0.172 e. The van der Waals surface area contributed by atoms with Crippen LogP contribution in [-0.4, -0.2) is 16.1 Å². The van der Waals surface area contributed by atoms with Crippen LogP contribution in [0.3, 0.4) is 0 Å². The summed E-state index contributed by atoms with van der Waals surface area (Å²) < 4.78 is 3.14. The molecule has 20 heavy (non-hydrogen) atoms. The highest BCUT2D eigenvalue weighted by Crippen LogP contribution is 2.32. The van der Waals surface area contributed by atoms with E-state index in [2.05, 4.69) is 58.3 Å². The van der Waals surface area contributed by atoms with E-state index in [0.29, 0.717) is 5.92 Å². The van der Waals surface area contributed by atoms with Gasteiger partial charge in [-0.05, 0) is 46.1 Å². The minimum atomic E-state index is 0.677. The van der Waals surface area contributed by atoms with Crippen molar-refractivity contribution < 1.29 is 0 Å².